The molecule has 0 saturated carbocycles. The lowest BCUT2D eigenvalue weighted by Gasteiger charge is -2.06. The highest BCUT2D eigenvalue weighted by Crippen LogP contribution is 2.18. The van der Waals surface area contributed by atoms with Gasteiger partial charge in [-0.1, -0.05) is 23.7 Å². The van der Waals surface area contributed by atoms with Crippen LogP contribution in [0.2, 0.25) is 5.02 Å². The SMILES string of the molecule is O=S(=O)(Nc1ncn(Cc2cccc(Cl)c2)n1)c1ccc(F)cc1F. The molecule has 0 amide bonds. The second-order valence-electron chi connectivity index (χ2n) is 5.08. The smallest absolute Gasteiger partial charge is 0.246 e. The Morgan fingerprint density at radius 3 is 2.68 bits per heavy atom. The molecule has 130 valence electrons. The predicted octanol–water partition coefficient (Wildman–Crippen LogP) is 3.06. The summed E-state index contributed by atoms with van der Waals surface area (Å²) in [5.74, 6) is -2.31. The highest BCUT2D eigenvalue weighted by Gasteiger charge is 2.21. The molecular weight excluding hydrogens is 374 g/mol. The topological polar surface area (TPSA) is 76.9 Å². The van der Waals surface area contributed by atoms with E-state index in [0.29, 0.717) is 17.6 Å². The van der Waals surface area contributed by atoms with Crippen LogP contribution in [0.3, 0.4) is 0 Å². The van der Waals surface area contributed by atoms with Gasteiger partial charge in [0.05, 0.1) is 6.54 Å². The molecule has 0 radical (unpaired) electrons. The molecule has 1 N–H and O–H groups in total. The molecule has 0 atom stereocenters. The molecule has 3 rings (SSSR count). The average molecular weight is 385 g/mol. The van der Waals surface area contributed by atoms with Crippen LogP contribution >= 0.6 is 11.6 Å². The first kappa shape index (κ1) is 17.3. The maximum Gasteiger partial charge on any atom is 0.267 e. The summed E-state index contributed by atoms with van der Waals surface area (Å²) in [4.78, 5) is 3.13. The predicted molar refractivity (Wildman–Crippen MR) is 87.7 cm³/mol. The number of aromatic nitrogens is 3. The van der Waals surface area contributed by atoms with Gasteiger partial charge in [-0.2, -0.15) is 4.98 Å². The van der Waals surface area contributed by atoms with Crippen LogP contribution in [0.5, 0.6) is 0 Å². The monoisotopic (exact) mass is 384 g/mol. The lowest BCUT2D eigenvalue weighted by atomic mass is 10.2. The van der Waals surface area contributed by atoms with E-state index in [0.717, 1.165) is 17.7 Å². The number of hydrogen-bond donors (Lipinski definition) is 1. The van der Waals surface area contributed by atoms with Gasteiger partial charge in [-0.15, -0.1) is 5.10 Å². The van der Waals surface area contributed by atoms with E-state index >= 15 is 0 Å². The van der Waals surface area contributed by atoms with E-state index in [1.807, 2.05) is 6.07 Å². The Bertz CT molecular complexity index is 1020. The third kappa shape index (κ3) is 4.12. The van der Waals surface area contributed by atoms with E-state index in [2.05, 4.69) is 14.8 Å². The molecule has 0 saturated heterocycles. The number of benzene rings is 2. The van der Waals surface area contributed by atoms with E-state index in [1.54, 1.807) is 18.2 Å². The third-order valence-electron chi connectivity index (χ3n) is 3.18. The molecule has 0 fully saturated rings. The zero-order valence-corrected chi connectivity index (χ0v) is 14.1. The summed E-state index contributed by atoms with van der Waals surface area (Å²) in [6.45, 7) is 0.320. The van der Waals surface area contributed by atoms with Crippen molar-refractivity contribution >= 4 is 27.6 Å². The molecule has 0 aliphatic rings. The van der Waals surface area contributed by atoms with Gasteiger partial charge in [0.15, 0.2) is 0 Å². The maximum atomic E-state index is 13.7. The molecule has 10 heteroatoms. The zero-order chi connectivity index (χ0) is 18.0. The summed E-state index contributed by atoms with van der Waals surface area (Å²) >= 11 is 5.90. The van der Waals surface area contributed by atoms with Crippen LogP contribution in [0.25, 0.3) is 0 Å². The van der Waals surface area contributed by atoms with E-state index in [1.165, 1.54) is 11.0 Å². The van der Waals surface area contributed by atoms with Crippen molar-refractivity contribution in [3.05, 3.63) is 71.0 Å². The first-order chi connectivity index (χ1) is 11.8. The summed E-state index contributed by atoms with van der Waals surface area (Å²) in [6, 6.07) is 9.23. The zero-order valence-electron chi connectivity index (χ0n) is 12.5. The summed E-state index contributed by atoms with van der Waals surface area (Å²) < 4.78 is 54.3. The second-order valence-corrected chi connectivity index (χ2v) is 7.16. The van der Waals surface area contributed by atoms with Crippen molar-refractivity contribution in [2.24, 2.45) is 0 Å². The fourth-order valence-corrected chi connectivity index (χ4v) is 3.33. The lowest BCUT2D eigenvalue weighted by Crippen LogP contribution is -2.16. The molecule has 6 nitrogen and oxygen atoms in total. The summed E-state index contributed by atoms with van der Waals surface area (Å²) in [7, 11) is -4.28. The van der Waals surface area contributed by atoms with Crippen molar-refractivity contribution in [2.45, 2.75) is 11.4 Å². The van der Waals surface area contributed by atoms with Crippen LogP contribution < -0.4 is 4.72 Å². The maximum absolute atomic E-state index is 13.7. The Labute approximate surface area is 147 Å². The van der Waals surface area contributed by atoms with Gasteiger partial charge in [0.25, 0.3) is 16.0 Å². The van der Waals surface area contributed by atoms with Crippen LogP contribution in [-0.2, 0) is 16.6 Å². The first-order valence-corrected chi connectivity index (χ1v) is 8.81. The molecule has 0 bridgehead atoms. The number of nitrogens with zero attached hydrogens (tertiary/aromatic N) is 3. The number of anilines is 1. The number of nitrogens with one attached hydrogen (secondary N) is 1. The van der Waals surface area contributed by atoms with Crippen LogP contribution in [0, 0.1) is 11.6 Å². The molecule has 0 aliphatic carbocycles. The highest BCUT2D eigenvalue weighted by molar-refractivity contribution is 7.92. The largest absolute Gasteiger partial charge is 0.267 e. The van der Waals surface area contributed by atoms with Gasteiger partial charge < -0.3 is 0 Å². The van der Waals surface area contributed by atoms with Gasteiger partial charge in [-0.05, 0) is 29.8 Å². The van der Waals surface area contributed by atoms with Gasteiger partial charge >= 0.3 is 0 Å². The number of sulfonamides is 1. The highest BCUT2D eigenvalue weighted by atomic mass is 35.5. The minimum atomic E-state index is -4.28. The first-order valence-electron chi connectivity index (χ1n) is 6.95. The number of halogens is 3. The summed E-state index contributed by atoms with van der Waals surface area (Å²) in [5, 5.41) is 4.53. The van der Waals surface area contributed by atoms with Gasteiger partial charge in [-0.3, -0.25) is 0 Å². The minimum Gasteiger partial charge on any atom is -0.246 e. The van der Waals surface area contributed by atoms with E-state index in [-0.39, 0.29) is 5.95 Å². The Morgan fingerprint density at radius 1 is 1.16 bits per heavy atom. The Balaban J connectivity index is 1.78. The van der Waals surface area contributed by atoms with Gasteiger partial charge in [0.2, 0.25) is 0 Å². The number of rotatable bonds is 5. The molecule has 0 unspecified atom stereocenters. The van der Waals surface area contributed by atoms with E-state index < -0.39 is 26.6 Å². The third-order valence-corrected chi connectivity index (χ3v) is 4.78. The van der Waals surface area contributed by atoms with Crippen molar-refractivity contribution < 1.29 is 17.2 Å². The van der Waals surface area contributed by atoms with Gasteiger partial charge in [0, 0.05) is 11.1 Å². The minimum absolute atomic E-state index is 0.231. The molecule has 0 aliphatic heterocycles. The van der Waals surface area contributed by atoms with Gasteiger partial charge in [0.1, 0.15) is 22.9 Å². The second kappa shape index (κ2) is 6.77. The summed E-state index contributed by atoms with van der Waals surface area (Å²) in [6.07, 6.45) is 1.32. The van der Waals surface area contributed by atoms with Crippen molar-refractivity contribution in [3.63, 3.8) is 0 Å². The summed E-state index contributed by atoms with van der Waals surface area (Å²) in [5.41, 5.74) is 0.844. The van der Waals surface area contributed by atoms with E-state index in [9.17, 15) is 17.2 Å². The molecule has 2 aromatic carbocycles. The quantitative estimate of drug-likeness (QED) is 0.733. The lowest BCUT2D eigenvalue weighted by molar-refractivity contribution is 0.551. The van der Waals surface area contributed by atoms with Crippen molar-refractivity contribution in [2.75, 3.05) is 4.72 Å². The van der Waals surface area contributed by atoms with Crippen LogP contribution in [0.4, 0.5) is 14.7 Å². The van der Waals surface area contributed by atoms with Crippen molar-refractivity contribution in [1.29, 1.82) is 0 Å². The molecule has 1 aromatic heterocycles. The standard InChI is InChI=1S/C15H11ClF2N4O2S/c16-11-3-1-2-10(6-11)8-22-9-19-15(20-22)21-25(23,24)14-5-4-12(17)7-13(14)18/h1-7,9H,8H2,(H,20,21). The molecule has 25 heavy (non-hydrogen) atoms. The molecule has 0 spiro atoms. The molecular formula is C15H11ClF2N4O2S. The van der Waals surface area contributed by atoms with E-state index in [4.69, 9.17) is 11.6 Å². The van der Waals surface area contributed by atoms with Gasteiger partial charge in [-0.25, -0.2) is 26.6 Å². The fraction of sp³-hybridized carbons (Fsp3) is 0.0667. The van der Waals surface area contributed by atoms with Crippen molar-refractivity contribution in [1.82, 2.24) is 14.8 Å². The van der Waals surface area contributed by atoms with Crippen LogP contribution in [0.15, 0.2) is 53.7 Å². The molecule has 1 heterocycles. The Hall–Kier alpha value is -2.52. The Morgan fingerprint density at radius 2 is 1.96 bits per heavy atom. The van der Waals surface area contributed by atoms with Crippen LogP contribution in [-0.4, -0.2) is 23.2 Å². The van der Waals surface area contributed by atoms with Crippen LogP contribution in [0.1, 0.15) is 5.56 Å². The molecule has 3 aromatic rings. The Kier molecular flexibility index (Phi) is 4.69. The van der Waals surface area contributed by atoms with Crippen molar-refractivity contribution in [3.8, 4) is 0 Å². The normalized spacial score (nSPS) is 11.5. The fourth-order valence-electron chi connectivity index (χ4n) is 2.11. The average Bonchev–Trinajstić information content (AvgIpc) is 2.93. The number of hydrogen-bond acceptors (Lipinski definition) is 4.